The number of hydrogen-bond acceptors (Lipinski definition) is 2. The highest BCUT2D eigenvalue weighted by atomic mass is 28.3. The van der Waals surface area contributed by atoms with Gasteiger partial charge in [0.1, 0.15) is 0 Å². The molecule has 2 nitrogen and oxygen atoms in total. The number of rotatable bonds is 9. The van der Waals surface area contributed by atoms with Gasteiger partial charge in [-0.15, -0.1) is 0 Å². The first-order chi connectivity index (χ1) is 7.86. The molecule has 0 saturated heterocycles. The van der Waals surface area contributed by atoms with Crippen molar-refractivity contribution in [3.8, 4) is 0 Å². The smallest absolute Gasteiger partial charge is 0.321 e. The molecule has 0 aromatic heterocycles. The van der Waals surface area contributed by atoms with Crippen LogP contribution in [0.4, 0.5) is 0 Å². The minimum absolute atomic E-state index is 0.819. The van der Waals surface area contributed by atoms with E-state index >= 15 is 0 Å². The molecular weight excluding hydrogens is 216 g/mol. The van der Waals surface area contributed by atoms with Crippen LogP contribution < -0.4 is 0 Å². The maximum Gasteiger partial charge on any atom is 0.321 e. The van der Waals surface area contributed by atoms with Crippen molar-refractivity contribution in [3.05, 3.63) is 0 Å². The Morgan fingerprint density at radius 2 is 1.62 bits per heavy atom. The molecule has 0 aliphatic heterocycles. The van der Waals surface area contributed by atoms with Crippen LogP contribution in [0.3, 0.4) is 0 Å². The Kier molecular flexibility index (Phi) is 8.16. The van der Waals surface area contributed by atoms with E-state index in [-0.39, 0.29) is 0 Å². The van der Waals surface area contributed by atoms with E-state index in [2.05, 4.69) is 13.8 Å². The molecule has 0 spiro atoms. The molecule has 3 heteroatoms. The lowest BCUT2D eigenvalue weighted by Gasteiger charge is -2.15. The van der Waals surface area contributed by atoms with E-state index in [4.69, 9.17) is 8.85 Å². The van der Waals surface area contributed by atoms with Crippen LogP contribution in [0, 0.1) is 5.92 Å². The Bertz CT molecular complexity index is 152. The Labute approximate surface area is 103 Å². The van der Waals surface area contributed by atoms with Crippen molar-refractivity contribution in [1.82, 2.24) is 0 Å². The Morgan fingerprint density at radius 1 is 1.00 bits per heavy atom. The Hall–Kier alpha value is 0.137. The summed E-state index contributed by atoms with van der Waals surface area (Å²) in [6, 6.07) is 1.20. The molecule has 0 heterocycles. The quantitative estimate of drug-likeness (QED) is 0.455. The molecule has 0 N–H and O–H groups in total. The van der Waals surface area contributed by atoms with E-state index < -0.39 is 9.28 Å². The van der Waals surface area contributed by atoms with Crippen molar-refractivity contribution in [2.75, 3.05) is 13.2 Å². The van der Waals surface area contributed by atoms with Crippen LogP contribution in [0.25, 0.3) is 0 Å². The van der Waals surface area contributed by atoms with E-state index in [1.165, 1.54) is 51.0 Å². The second-order valence-electron chi connectivity index (χ2n) is 4.78. The molecule has 0 radical (unpaired) electrons. The minimum atomic E-state index is -1.30. The highest BCUT2D eigenvalue weighted by Crippen LogP contribution is 2.29. The van der Waals surface area contributed by atoms with Crippen LogP contribution in [-0.4, -0.2) is 22.5 Å². The monoisotopic (exact) mass is 244 g/mol. The van der Waals surface area contributed by atoms with Crippen LogP contribution in [0.2, 0.25) is 6.04 Å². The fourth-order valence-corrected chi connectivity index (χ4v) is 4.42. The highest BCUT2D eigenvalue weighted by Gasteiger charge is 2.15. The lowest BCUT2D eigenvalue weighted by molar-refractivity contribution is 0.212. The average Bonchev–Trinajstić information content (AvgIpc) is 2.78. The van der Waals surface area contributed by atoms with Gasteiger partial charge in [-0.25, -0.2) is 0 Å². The third kappa shape index (κ3) is 6.02. The molecule has 1 rings (SSSR count). The maximum atomic E-state index is 5.67. The summed E-state index contributed by atoms with van der Waals surface area (Å²) in [5.74, 6) is 1.04. The molecule has 16 heavy (non-hydrogen) atoms. The third-order valence-electron chi connectivity index (χ3n) is 3.48. The number of hydrogen-bond donors (Lipinski definition) is 0. The van der Waals surface area contributed by atoms with Gasteiger partial charge in [0, 0.05) is 13.2 Å². The predicted octanol–water partition coefficient (Wildman–Crippen LogP) is 3.64. The van der Waals surface area contributed by atoms with E-state index in [1.54, 1.807) is 0 Å². The molecule has 96 valence electrons. The molecule has 1 fully saturated rings. The van der Waals surface area contributed by atoms with Gasteiger partial charge in [-0.2, -0.15) is 0 Å². The van der Waals surface area contributed by atoms with Crippen molar-refractivity contribution < 1.29 is 8.85 Å². The first kappa shape index (κ1) is 14.2. The van der Waals surface area contributed by atoms with E-state index in [0.29, 0.717) is 0 Å². The second-order valence-corrected chi connectivity index (χ2v) is 6.88. The number of unbranched alkanes of at least 4 members (excludes halogenated alkanes) is 1. The van der Waals surface area contributed by atoms with Crippen molar-refractivity contribution >= 4 is 9.28 Å². The van der Waals surface area contributed by atoms with Crippen LogP contribution >= 0.6 is 0 Å². The molecule has 0 bridgehead atoms. The average molecular weight is 244 g/mol. The normalized spacial score (nSPS) is 17.4. The fraction of sp³-hybridized carbons (Fsp3) is 1.00. The van der Waals surface area contributed by atoms with Gasteiger partial charge in [0.05, 0.1) is 0 Å². The summed E-state index contributed by atoms with van der Waals surface area (Å²) in [5.41, 5.74) is 0. The zero-order chi connectivity index (χ0) is 11.6. The van der Waals surface area contributed by atoms with Gasteiger partial charge in [0.2, 0.25) is 0 Å². The third-order valence-corrected chi connectivity index (χ3v) is 5.77. The summed E-state index contributed by atoms with van der Waals surface area (Å²) in [4.78, 5) is 0. The SMILES string of the molecule is CCO[SiH](CCCCC1CCCC1)OCC. The van der Waals surface area contributed by atoms with Crippen LogP contribution in [0.1, 0.15) is 58.8 Å². The summed E-state index contributed by atoms with van der Waals surface area (Å²) < 4.78 is 11.3. The van der Waals surface area contributed by atoms with Gasteiger partial charge in [-0.3, -0.25) is 0 Å². The van der Waals surface area contributed by atoms with Gasteiger partial charge in [0.15, 0.2) is 0 Å². The van der Waals surface area contributed by atoms with Crippen molar-refractivity contribution in [3.63, 3.8) is 0 Å². The van der Waals surface area contributed by atoms with E-state index in [9.17, 15) is 0 Å². The summed E-state index contributed by atoms with van der Waals surface area (Å²) in [7, 11) is -1.30. The molecule has 0 aromatic carbocycles. The largest absolute Gasteiger partial charge is 0.397 e. The van der Waals surface area contributed by atoms with Gasteiger partial charge in [-0.1, -0.05) is 44.9 Å². The zero-order valence-corrected chi connectivity index (χ0v) is 12.2. The van der Waals surface area contributed by atoms with E-state index in [0.717, 1.165) is 19.1 Å². The summed E-state index contributed by atoms with van der Waals surface area (Å²) in [6.07, 6.45) is 10.1. The Morgan fingerprint density at radius 3 is 2.19 bits per heavy atom. The molecular formula is C13H28O2Si. The van der Waals surface area contributed by atoms with E-state index in [1.807, 2.05) is 0 Å². The van der Waals surface area contributed by atoms with Crippen molar-refractivity contribution in [2.45, 2.75) is 64.8 Å². The van der Waals surface area contributed by atoms with Gasteiger partial charge in [0.25, 0.3) is 0 Å². The molecule has 1 aliphatic carbocycles. The van der Waals surface area contributed by atoms with Crippen molar-refractivity contribution in [1.29, 1.82) is 0 Å². The van der Waals surface area contributed by atoms with Crippen LogP contribution in [-0.2, 0) is 8.85 Å². The lowest BCUT2D eigenvalue weighted by Crippen LogP contribution is -2.22. The topological polar surface area (TPSA) is 18.5 Å². The van der Waals surface area contributed by atoms with Gasteiger partial charge < -0.3 is 8.85 Å². The molecule has 0 atom stereocenters. The van der Waals surface area contributed by atoms with Crippen LogP contribution in [0.5, 0.6) is 0 Å². The van der Waals surface area contributed by atoms with Crippen LogP contribution in [0.15, 0.2) is 0 Å². The summed E-state index contributed by atoms with van der Waals surface area (Å²) in [6.45, 7) is 5.77. The molecule has 1 saturated carbocycles. The second kappa shape index (κ2) is 9.20. The van der Waals surface area contributed by atoms with Crippen molar-refractivity contribution in [2.24, 2.45) is 5.92 Å². The first-order valence-electron chi connectivity index (χ1n) is 7.10. The maximum absolute atomic E-state index is 5.67. The summed E-state index contributed by atoms with van der Waals surface area (Å²) in [5, 5.41) is 0. The molecule has 0 unspecified atom stereocenters. The molecule has 0 aromatic rings. The minimum Gasteiger partial charge on any atom is -0.397 e. The lowest BCUT2D eigenvalue weighted by atomic mass is 10.0. The van der Waals surface area contributed by atoms with Gasteiger partial charge in [-0.05, 0) is 25.8 Å². The molecule has 0 amide bonds. The zero-order valence-electron chi connectivity index (χ0n) is 11.0. The summed E-state index contributed by atoms with van der Waals surface area (Å²) >= 11 is 0. The fourth-order valence-electron chi connectivity index (χ4n) is 2.63. The highest BCUT2D eigenvalue weighted by molar-refractivity contribution is 6.44. The predicted molar refractivity (Wildman–Crippen MR) is 71.0 cm³/mol. The Balaban J connectivity index is 1.98. The molecule has 1 aliphatic rings. The first-order valence-corrected chi connectivity index (χ1v) is 8.86. The standard InChI is InChI=1S/C13H28O2Si/c1-3-14-16(15-4-2)12-8-7-11-13-9-5-6-10-13/h13,16H,3-12H2,1-2H3. The van der Waals surface area contributed by atoms with Gasteiger partial charge >= 0.3 is 9.28 Å².